The predicted octanol–water partition coefficient (Wildman–Crippen LogP) is 3.73. The van der Waals surface area contributed by atoms with E-state index < -0.39 is 0 Å². The lowest BCUT2D eigenvalue weighted by molar-refractivity contribution is -0.121. The number of benzene rings is 2. The number of nitrogens with two attached hydrogens (primary N) is 1. The number of nitrogen functional groups attached to an aromatic ring is 1. The summed E-state index contributed by atoms with van der Waals surface area (Å²) in [7, 11) is 0. The van der Waals surface area contributed by atoms with Gasteiger partial charge >= 0.3 is 0 Å². The Morgan fingerprint density at radius 3 is 2.71 bits per heavy atom. The lowest BCUT2D eigenvalue weighted by Gasteiger charge is -2.15. The minimum absolute atomic E-state index is 0.00449. The molecular formula is C17H19ClN2O. The summed E-state index contributed by atoms with van der Waals surface area (Å²) in [5, 5.41) is 3.63. The summed E-state index contributed by atoms with van der Waals surface area (Å²) < 4.78 is 0. The van der Waals surface area contributed by atoms with Gasteiger partial charge in [0.1, 0.15) is 0 Å². The number of amides is 1. The molecule has 0 radical (unpaired) electrons. The van der Waals surface area contributed by atoms with Crippen LogP contribution in [0.5, 0.6) is 0 Å². The molecule has 0 aliphatic heterocycles. The third-order valence-corrected chi connectivity index (χ3v) is 3.69. The van der Waals surface area contributed by atoms with E-state index in [1.807, 2.05) is 55.5 Å². The third kappa shape index (κ3) is 4.50. The first-order valence-corrected chi connectivity index (χ1v) is 7.32. The molecule has 3 nitrogen and oxygen atoms in total. The number of halogens is 1. The van der Waals surface area contributed by atoms with Crippen molar-refractivity contribution in [1.29, 1.82) is 0 Å². The van der Waals surface area contributed by atoms with Crippen LogP contribution >= 0.6 is 11.6 Å². The number of nitrogens with one attached hydrogen (secondary N) is 1. The third-order valence-electron chi connectivity index (χ3n) is 3.34. The van der Waals surface area contributed by atoms with E-state index in [4.69, 9.17) is 17.3 Å². The van der Waals surface area contributed by atoms with E-state index in [1.165, 1.54) is 0 Å². The Kier molecular flexibility index (Phi) is 5.23. The van der Waals surface area contributed by atoms with Crippen molar-refractivity contribution in [2.45, 2.75) is 25.8 Å². The van der Waals surface area contributed by atoms with Gasteiger partial charge in [-0.15, -0.1) is 0 Å². The van der Waals surface area contributed by atoms with Gasteiger partial charge in [-0.2, -0.15) is 0 Å². The van der Waals surface area contributed by atoms with Crippen LogP contribution in [0.3, 0.4) is 0 Å². The van der Waals surface area contributed by atoms with Crippen LogP contribution in [0.4, 0.5) is 5.69 Å². The van der Waals surface area contributed by atoms with Gasteiger partial charge in [0.2, 0.25) is 5.91 Å². The zero-order chi connectivity index (χ0) is 15.2. The molecule has 0 aliphatic carbocycles. The van der Waals surface area contributed by atoms with E-state index in [1.54, 1.807) is 0 Å². The van der Waals surface area contributed by atoms with Crippen molar-refractivity contribution in [3.8, 4) is 0 Å². The van der Waals surface area contributed by atoms with Gasteiger partial charge in [0.25, 0.3) is 0 Å². The predicted molar refractivity (Wildman–Crippen MR) is 87.2 cm³/mol. The minimum Gasteiger partial charge on any atom is -0.399 e. The minimum atomic E-state index is -0.105. The van der Waals surface area contributed by atoms with E-state index in [2.05, 4.69) is 5.32 Å². The highest BCUT2D eigenvalue weighted by Crippen LogP contribution is 2.22. The Bertz CT molecular complexity index is 628. The van der Waals surface area contributed by atoms with Crippen molar-refractivity contribution >= 4 is 23.2 Å². The molecule has 2 rings (SSSR count). The summed E-state index contributed by atoms with van der Waals surface area (Å²) >= 11 is 6.13. The molecule has 2 aromatic rings. The second-order valence-corrected chi connectivity index (χ2v) is 5.46. The summed E-state index contributed by atoms with van der Waals surface area (Å²) in [6, 6.07) is 15.0. The van der Waals surface area contributed by atoms with Crippen LogP contribution in [0.1, 0.15) is 30.5 Å². The molecular weight excluding hydrogens is 284 g/mol. The summed E-state index contributed by atoms with van der Waals surface area (Å²) in [4.78, 5) is 12.0. The first-order valence-electron chi connectivity index (χ1n) is 6.94. The summed E-state index contributed by atoms with van der Waals surface area (Å²) in [6.07, 6.45) is 1.10. The zero-order valence-electron chi connectivity index (χ0n) is 12.0. The maximum atomic E-state index is 12.0. The van der Waals surface area contributed by atoms with E-state index in [0.29, 0.717) is 17.9 Å². The smallest absolute Gasteiger partial charge is 0.220 e. The number of carbonyl (C=O) groups is 1. The van der Waals surface area contributed by atoms with Crippen LogP contribution < -0.4 is 11.1 Å². The molecule has 0 bridgehead atoms. The molecule has 0 saturated carbocycles. The lowest BCUT2D eigenvalue weighted by atomic mass is 10.1. The molecule has 3 N–H and O–H groups in total. The van der Waals surface area contributed by atoms with E-state index in [-0.39, 0.29) is 11.9 Å². The molecule has 2 aromatic carbocycles. The average molecular weight is 303 g/mol. The normalized spacial score (nSPS) is 11.9. The van der Waals surface area contributed by atoms with Gasteiger partial charge in [-0.1, -0.05) is 41.9 Å². The molecule has 4 heteroatoms. The molecule has 0 saturated heterocycles. The molecule has 0 aromatic heterocycles. The van der Waals surface area contributed by atoms with Gasteiger partial charge in [-0.3, -0.25) is 4.79 Å². The molecule has 1 unspecified atom stereocenters. The van der Waals surface area contributed by atoms with Crippen LogP contribution in [-0.4, -0.2) is 5.91 Å². The first kappa shape index (κ1) is 15.4. The quantitative estimate of drug-likeness (QED) is 0.827. The fourth-order valence-electron chi connectivity index (χ4n) is 2.22. The molecule has 1 atom stereocenters. The molecule has 21 heavy (non-hydrogen) atoms. The molecule has 0 fully saturated rings. The molecule has 0 heterocycles. The van der Waals surface area contributed by atoms with Crippen molar-refractivity contribution in [1.82, 2.24) is 5.32 Å². The number of hydrogen-bond acceptors (Lipinski definition) is 2. The largest absolute Gasteiger partial charge is 0.399 e. The summed E-state index contributed by atoms with van der Waals surface area (Å²) in [6.45, 7) is 1.93. The molecule has 1 amide bonds. The number of hydrogen-bond donors (Lipinski definition) is 2. The van der Waals surface area contributed by atoms with Gasteiger partial charge in [0.05, 0.1) is 6.04 Å². The Morgan fingerprint density at radius 1 is 1.24 bits per heavy atom. The summed E-state index contributed by atoms with van der Waals surface area (Å²) in [5.41, 5.74) is 8.44. The van der Waals surface area contributed by atoms with Crippen LogP contribution in [0.15, 0.2) is 48.5 Å². The van der Waals surface area contributed by atoms with Crippen LogP contribution in [-0.2, 0) is 11.2 Å². The topological polar surface area (TPSA) is 55.1 Å². The molecule has 110 valence electrons. The van der Waals surface area contributed by atoms with Crippen molar-refractivity contribution in [2.75, 3.05) is 5.73 Å². The van der Waals surface area contributed by atoms with Gasteiger partial charge < -0.3 is 11.1 Å². The maximum absolute atomic E-state index is 12.0. The Morgan fingerprint density at radius 2 is 2.00 bits per heavy atom. The standard InChI is InChI=1S/C17H19ClN2O/c1-12(15-7-2-3-8-16(15)18)20-17(21)10-9-13-5-4-6-14(19)11-13/h2-8,11-12H,9-10,19H2,1H3,(H,20,21). The van der Waals surface area contributed by atoms with Crippen molar-refractivity contribution < 1.29 is 4.79 Å². The van der Waals surface area contributed by atoms with E-state index >= 15 is 0 Å². The van der Waals surface area contributed by atoms with E-state index in [9.17, 15) is 4.79 Å². The van der Waals surface area contributed by atoms with Crippen LogP contribution in [0.2, 0.25) is 5.02 Å². The second-order valence-electron chi connectivity index (χ2n) is 5.06. The molecule has 0 spiro atoms. The second kappa shape index (κ2) is 7.14. The van der Waals surface area contributed by atoms with Crippen molar-refractivity contribution in [2.24, 2.45) is 0 Å². The Balaban J connectivity index is 1.89. The van der Waals surface area contributed by atoms with Gasteiger partial charge in [0, 0.05) is 17.1 Å². The first-order chi connectivity index (χ1) is 10.1. The SMILES string of the molecule is CC(NC(=O)CCc1cccc(N)c1)c1ccccc1Cl. The fraction of sp³-hybridized carbons (Fsp3) is 0.235. The monoisotopic (exact) mass is 302 g/mol. The highest BCUT2D eigenvalue weighted by Gasteiger charge is 2.12. The zero-order valence-corrected chi connectivity index (χ0v) is 12.7. The highest BCUT2D eigenvalue weighted by molar-refractivity contribution is 6.31. The highest BCUT2D eigenvalue weighted by atomic mass is 35.5. The van der Waals surface area contributed by atoms with Gasteiger partial charge in [-0.25, -0.2) is 0 Å². The number of rotatable bonds is 5. The van der Waals surface area contributed by atoms with Crippen LogP contribution in [0, 0.1) is 0 Å². The van der Waals surface area contributed by atoms with Gasteiger partial charge in [-0.05, 0) is 42.7 Å². The number of aryl methyl sites for hydroxylation is 1. The number of carbonyl (C=O) groups excluding carboxylic acids is 1. The Hall–Kier alpha value is -2.00. The molecule has 0 aliphatic rings. The van der Waals surface area contributed by atoms with Crippen LogP contribution in [0.25, 0.3) is 0 Å². The van der Waals surface area contributed by atoms with Crippen molar-refractivity contribution in [3.63, 3.8) is 0 Å². The van der Waals surface area contributed by atoms with Gasteiger partial charge in [0.15, 0.2) is 0 Å². The lowest BCUT2D eigenvalue weighted by Crippen LogP contribution is -2.27. The fourth-order valence-corrected chi connectivity index (χ4v) is 2.52. The average Bonchev–Trinajstić information content (AvgIpc) is 2.45. The maximum Gasteiger partial charge on any atom is 0.220 e. The van der Waals surface area contributed by atoms with Crippen molar-refractivity contribution in [3.05, 3.63) is 64.7 Å². The van der Waals surface area contributed by atoms with E-state index in [0.717, 1.165) is 16.8 Å². The Labute approximate surface area is 130 Å². The number of anilines is 1. The summed E-state index contributed by atoms with van der Waals surface area (Å²) in [5.74, 6) is 0.00449.